The summed E-state index contributed by atoms with van der Waals surface area (Å²) in [5.74, 6) is -1.13. The fourth-order valence-electron chi connectivity index (χ4n) is 3.84. The van der Waals surface area contributed by atoms with Crippen LogP contribution in [0.1, 0.15) is 44.3 Å². The van der Waals surface area contributed by atoms with E-state index in [1.165, 1.54) is 0 Å². The van der Waals surface area contributed by atoms with E-state index in [1.54, 1.807) is 4.90 Å². The van der Waals surface area contributed by atoms with Crippen molar-refractivity contribution in [3.63, 3.8) is 0 Å². The molecule has 2 unspecified atom stereocenters. The van der Waals surface area contributed by atoms with Crippen molar-refractivity contribution >= 4 is 12.0 Å². The number of nitrogens with zero attached hydrogens (tertiary/aromatic N) is 1. The van der Waals surface area contributed by atoms with Gasteiger partial charge in [0.25, 0.3) is 0 Å². The first kappa shape index (κ1) is 20.6. The van der Waals surface area contributed by atoms with E-state index in [4.69, 9.17) is 14.6 Å². The van der Waals surface area contributed by atoms with Crippen LogP contribution in [-0.4, -0.2) is 60.5 Å². The van der Waals surface area contributed by atoms with Crippen molar-refractivity contribution in [2.24, 2.45) is 5.92 Å². The maximum Gasteiger partial charge on any atom is 0.317 e. The minimum absolute atomic E-state index is 0.115. The van der Waals surface area contributed by atoms with Crippen LogP contribution in [0.4, 0.5) is 4.79 Å². The summed E-state index contributed by atoms with van der Waals surface area (Å²) >= 11 is 0. The molecule has 7 nitrogen and oxygen atoms in total. The Kier molecular flexibility index (Phi) is 7.28. The third-order valence-corrected chi connectivity index (χ3v) is 5.57. The molecule has 2 aliphatic heterocycles. The Hall–Kier alpha value is -2.12. The van der Waals surface area contributed by atoms with E-state index in [1.807, 2.05) is 37.3 Å². The lowest BCUT2D eigenvalue weighted by Gasteiger charge is -2.34. The number of amides is 2. The van der Waals surface area contributed by atoms with Crippen molar-refractivity contribution in [2.75, 3.05) is 26.3 Å². The van der Waals surface area contributed by atoms with Crippen molar-refractivity contribution in [2.45, 2.75) is 50.9 Å². The summed E-state index contributed by atoms with van der Waals surface area (Å²) in [7, 11) is 0. The van der Waals surface area contributed by atoms with Gasteiger partial charge in [-0.1, -0.05) is 30.3 Å². The number of piperidine rings is 1. The third-order valence-electron chi connectivity index (χ3n) is 5.57. The molecular weight excluding hydrogens is 360 g/mol. The van der Waals surface area contributed by atoms with E-state index in [0.29, 0.717) is 39.1 Å². The molecule has 2 amide bonds. The molecule has 3 rings (SSSR count). The molecule has 154 valence electrons. The average molecular weight is 390 g/mol. The minimum atomic E-state index is -0.776. The standard InChI is InChI=1S/C21H30N2O5/c1-15(22-21(26)23-11-7-17(8-12-23)20(24)25)19(16-5-3-2-4-6-16)28-18-9-13-27-14-10-18/h2-6,15,17-19H,7-14H2,1H3,(H,22,26)(H,24,25). The van der Waals surface area contributed by atoms with Crippen molar-refractivity contribution < 1.29 is 24.2 Å². The molecule has 2 N–H and O–H groups in total. The molecule has 0 radical (unpaired) electrons. The number of aliphatic carboxylic acids is 1. The second-order valence-corrected chi connectivity index (χ2v) is 7.62. The van der Waals surface area contributed by atoms with E-state index >= 15 is 0 Å². The monoisotopic (exact) mass is 390 g/mol. The molecule has 2 fully saturated rings. The third kappa shape index (κ3) is 5.45. The Labute approximate surface area is 166 Å². The van der Waals surface area contributed by atoms with Gasteiger partial charge in [-0.25, -0.2) is 4.79 Å². The van der Waals surface area contributed by atoms with Gasteiger partial charge in [-0.15, -0.1) is 0 Å². The van der Waals surface area contributed by atoms with Crippen molar-refractivity contribution in [1.82, 2.24) is 10.2 Å². The number of likely N-dealkylation sites (tertiary alicyclic amines) is 1. The summed E-state index contributed by atoms with van der Waals surface area (Å²) in [6.07, 6.45) is 2.57. The molecule has 28 heavy (non-hydrogen) atoms. The summed E-state index contributed by atoms with van der Waals surface area (Å²) in [6.45, 7) is 4.29. The highest BCUT2D eigenvalue weighted by molar-refractivity contribution is 5.75. The van der Waals surface area contributed by atoms with Crippen LogP contribution in [0.5, 0.6) is 0 Å². The molecule has 2 heterocycles. The van der Waals surface area contributed by atoms with Crippen LogP contribution in [0.25, 0.3) is 0 Å². The van der Waals surface area contributed by atoms with E-state index in [9.17, 15) is 9.59 Å². The zero-order chi connectivity index (χ0) is 19.9. The molecule has 0 saturated carbocycles. The van der Waals surface area contributed by atoms with Gasteiger partial charge >= 0.3 is 12.0 Å². The largest absolute Gasteiger partial charge is 0.481 e. The molecule has 2 atom stereocenters. The minimum Gasteiger partial charge on any atom is -0.481 e. The first-order valence-electron chi connectivity index (χ1n) is 10.1. The Bertz CT molecular complexity index is 639. The quantitative estimate of drug-likeness (QED) is 0.780. The van der Waals surface area contributed by atoms with Crippen molar-refractivity contribution in [3.8, 4) is 0 Å². The topological polar surface area (TPSA) is 88.1 Å². The molecule has 1 aromatic carbocycles. The van der Waals surface area contributed by atoms with Crippen LogP contribution in [-0.2, 0) is 14.3 Å². The molecule has 0 aromatic heterocycles. The number of hydrogen-bond acceptors (Lipinski definition) is 4. The fourth-order valence-corrected chi connectivity index (χ4v) is 3.84. The number of carbonyl (C=O) groups is 2. The number of nitrogens with one attached hydrogen (secondary N) is 1. The Morgan fingerprint density at radius 2 is 1.79 bits per heavy atom. The predicted molar refractivity (Wildman–Crippen MR) is 104 cm³/mol. The molecule has 0 spiro atoms. The number of ether oxygens (including phenoxy) is 2. The number of carboxylic acid groups (broad SMARTS) is 1. The zero-order valence-electron chi connectivity index (χ0n) is 16.4. The summed E-state index contributed by atoms with van der Waals surface area (Å²) in [4.78, 5) is 25.5. The van der Waals surface area contributed by atoms with Crippen molar-refractivity contribution in [1.29, 1.82) is 0 Å². The number of rotatable bonds is 6. The lowest BCUT2D eigenvalue weighted by Crippen LogP contribution is -2.49. The molecule has 7 heteroatoms. The highest BCUT2D eigenvalue weighted by Gasteiger charge is 2.30. The number of carbonyl (C=O) groups excluding carboxylic acids is 1. The molecule has 1 aromatic rings. The molecule has 2 saturated heterocycles. The number of urea groups is 1. The second kappa shape index (κ2) is 9.89. The van der Waals surface area contributed by atoms with Crippen LogP contribution >= 0.6 is 0 Å². The fraction of sp³-hybridized carbons (Fsp3) is 0.619. The molecule has 0 bridgehead atoms. The zero-order valence-corrected chi connectivity index (χ0v) is 16.4. The summed E-state index contributed by atoms with van der Waals surface area (Å²) in [5, 5.41) is 12.2. The van der Waals surface area contributed by atoms with E-state index in [-0.39, 0.29) is 30.2 Å². The SMILES string of the molecule is CC(NC(=O)N1CCC(C(=O)O)CC1)C(OC1CCOCC1)c1ccccc1. The van der Waals surface area contributed by atoms with Crippen LogP contribution in [0, 0.1) is 5.92 Å². The van der Waals surface area contributed by atoms with Gasteiger partial charge in [-0.3, -0.25) is 4.79 Å². The average Bonchev–Trinajstić information content (AvgIpc) is 2.73. The van der Waals surface area contributed by atoms with Gasteiger partial charge in [-0.2, -0.15) is 0 Å². The van der Waals surface area contributed by atoms with E-state index in [0.717, 1.165) is 18.4 Å². The summed E-state index contributed by atoms with van der Waals surface area (Å²) < 4.78 is 11.8. The maximum atomic E-state index is 12.7. The van der Waals surface area contributed by atoms with Crippen LogP contribution in [0.15, 0.2) is 30.3 Å². The summed E-state index contributed by atoms with van der Waals surface area (Å²) in [6, 6.07) is 9.57. The predicted octanol–water partition coefficient (Wildman–Crippen LogP) is 2.82. The second-order valence-electron chi connectivity index (χ2n) is 7.62. The van der Waals surface area contributed by atoms with Gasteiger partial charge in [0.2, 0.25) is 0 Å². The Morgan fingerprint density at radius 1 is 1.14 bits per heavy atom. The van der Waals surface area contributed by atoms with Gasteiger partial charge in [0.1, 0.15) is 6.10 Å². The first-order valence-corrected chi connectivity index (χ1v) is 10.1. The number of hydrogen-bond donors (Lipinski definition) is 2. The Balaban J connectivity index is 1.61. The maximum absolute atomic E-state index is 12.7. The van der Waals surface area contributed by atoms with Gasteiger partial charge in [0.05, 0.1) is 18.1 Å². The molecular formula is C21H30N2O5. The van der Waals surface area contributed by atoms with Gasteiger partial charge in [-0.05, 0) is 38.2 Å². The Morgan fingerprint density at radius 3 is 2.39 bits per heavy atom. The normalized spacial score (nSPS) is 21.1. The first-order chi connectivity index (χ1) is 13.5. The lowest BCUT2D eigenvalue weighted by molar-refractivity contribution is -0.143. The van der Waals surface area contributed by atoms with Gasteiger partial charge in [0.15, 0.2) is 0 Å². The van der Waals surface area contributed by atoms with Crippen LogP contribution in [0.3, 0.4) is 0 Å². The van der Waals surface area contributed by atoms with Gasteiger partial charge < -0.3 is 24.8 Å². The van der Waals surface area contributed by atoms with Crippen molar-refractivity contribution in [3.05, 3.63) is 35.9 Å². The van der Waals surface area contributed by atoms with Crippen LogP contribution < -0.4 is 5.32 Å². The number of carboxylic acids is 1. The molecule has 2 aliphatic rings. The molecule has 0 aliphatic carbocycles. The van der Waals surface area contributed by atoms with E-state index in [2.05, 4.69) is 5.32 Å². The lowest BCUT2D eigenvalue weighted by atomic mass is 9.97. The van der Waals surface area contributed by atoms with E-state index < -0.39 is 5.97 Å². The highest BCUT2D eigenvalue weighted by atomic mass is 16.5. The van der Waals surface area contributed by atoms with Gasteiger partial charge in [0, 0.05) is 26.3 Å². The number of benzene rings is 1. The van der Waals surface area contributed by atoms with Crippen LogP contribution in [0.2, 0.25) is 0 Å². The smallest absolute Gasteiger partial charge is 0.317 e. The summed E-state index contributed by atoms with van der Waals surface area (Å²) in [5.41, 5.74) is 1.03. The highest BCUT2D eigenvalue weighted by Crippen LogP contribution is 2.27.